The van der Waals surface area contributed by atoms with E-state index in [2.05, 4.69) is 20.1 Å². The van der Waals surface area contributed by atoms with Gasteiger partial charge in [0.1, 0.15) is 5.56 Å². The van der Waals surface area contributed by atoms with Crippen LogP contribution in [0.25, 0.3) is 5.65 Å². The van der Waals surface area contributed by atoms with E-state index in [9.17, 15) is 13.2 Å². The zero-order valence-corrected chi connectivity index (χ0v) is 16.9. The third kappa shape index (κ3) is 4.20. The van der Waals surface area contributed by atoms with Gasteiger partial charge in [-0.25, -0.2) is 22.6 Å². The number of nitrogens with zero attached hydrogens (tertiary/aromatic N) is 3. The number of benzene rings is 1. The molecule has 28 heavy (non-hydrogen) atoms. The van der Waals surface area contributed by atoms with Crippen LogP contribution in [-0.4, -0.2) is 35.5 Å². The molecule has 148 valence electrons. The number of unbranched alkanes of at least 4 members (excludes halogenated alkanes) is 1. The van der Waals surface area contributed by atoms with Crippen molar-refractivity contribution in [2.75, 3.05) is 11.9 Å². The van der Waals surface area contributed by atoms with Gasteiger partial charge in [-0.3, -0.25) is 4.79 Å². The van der Waals surface area contributed by atoms with Gasteiger partial charge in [0, 0.05) is 23.6 Å². The third-order valence-electron chi connectivity index (χ3n) is 4.25. The molecular formula is C19H23N5O3S. The first-order valence-corrected chi connectivity index (χ1v) is 10.5. The average Bonchev–Trinajstić information content (AvgIpc) is 3.06. The summed E-state index contributed by atoms with van der Waals surface area (Å²) >= 11 is 0. The van der Waals surface area contributed by atoms with Gasteiger partial charge in [0.15, 0.2) is 5.65 Å². The molecule has 3 aromatic rings. The Balaban J connectivity index is 1.84. The van der Waals surface area contributed by atoms with Crippen molar-refractivity contribution >= 4 is 27.3 Å². The molecule has 0 spiro atoms. The molecule has 0 fully saturated rings. The molecule has 0 saturated carbocycles. The fourth-order valence-electron chi connectivity index (χ4n) is 2.84. The van der Waals surface area contributed by atoms with Gasteiger partial charge in [0.25, 0.3) is 5.91 Å². The zero-order valence-electron chi connectivity index (χ0n) is 16.1. The number of aromatic nitrogens is 3. The van der Waals surface area contributed by atoms with E-state index in [4.69, 9.17) is 0 Å². The highest BCUT2D eigenvalue weighted by Gasteiger charge is 2.18. The van der Waals surface area contributed by atoms with Crippen molar-refractivity contribution in [1.29, 1.82) is 0 Å². The Morgan fingerprint density at radius 3 is 2.75 bits per heavy atom. The van der Waals surface area contributed by atoms with Crippen molar-refractivity contribution in [2.45, 2.75) is 38.5 Å². The molecule has 2 N–H and O–H groups in total. The van der Waals surface area contributed by atoms with Crippen molar-refractivity contribution in [2.24, 2.45) is 0 Å². The van der Waals surface area contributed by atoms with Crippen LogP contribution in [-0.2, 0) is 10.0 Å². The number of nitrogens with one attached hydrogen (secondary N) is 2. The standard InChI is InChI=1S/C19H23N5O3S/c1-4-5-9-21-28(26,27)16-8-6-7-15(11-16)23-19(25)17-12-20-24-14(3)10-13(2)22-18(17)24/h6-8,10-12,21H,4-5,9H2,1-3H3,(H,23,25). The van der Waals surface area contributed by atoms with Gasteiger partial charge >= 0.3 is 0 Å². The summed E-state index contributed by atoms with van der Waals surface area (Å²) in [6.45, 7) is 6.10. The van der Waals surface area contributed by atoms with Gasteiger partial charge in [0.2, 0.25) is 10.0 Å². The van der Waals surface area contributed by atoms with E-state index < -0.39 is 15.9 Å². The fraction of sp³-hybridized carbons (Fsp3) is 0.316. The maximum absolute atomic E-state index is 12.7. The summed E-state index contributed by atoms with van der Waals surface area (Å²) in [5.41, 5.74) is 2.81. The molecule has 0 unspecified atom stereocenters. The minimum atomic E-state index is -3.62. The van der Waals surface area contributed by atoms with Crippen LogP contribution in [0.2, 0.25) is 0 Å². The molecule has 0 aliphatic heterocycles. The second-order valence-electron chi connectivity index (χ2n) is 6.57. The van der Waals surface area contributed by atoms with E-state index in [1.165, 1.54) is 18.3 Å². The van der Waals surface area contributed by atoms with Crippen LogP contribution in [0.5, 0.6) is 0 Å². The number of carbonyl (C=O) groups excluding carboxylic acids is 1. The monoisotopic (exact) mass is 401 g/mol. The predicted octanol–water partition coefficient (Wildman–Crippen LogP) is 2.68. The number of hydrogen-bond acceptors (Lipinski definition) is 5. The molecule has 1 amide bonds. The van der Waals surface area contributed by atoms with Gasteiger partial charge in [-0.1, -0.05) is 19.4 Å². The summed E-state index contributed by atoms with van der Waals surface area (Å²) in [7, 11) is -3.62. The van der Waals surface area contributed by atoms with Crippen LogP contribution in [0.15, 0.2) is 41.4 Å². The van der Waals surface area contributed by atoms with Crippen molar-refractivity contribution in [3.05, 3.63) is 53.5 Å². The van der Waals surface area contributed by atoms with Gasteiger partial charge in [-0.15, -0.1) is 0 Å². The minimum Gasteiger partial charge on any atom is -0.322 e. The van der Waals surface area contributed by atoms with E-state index in [0.717, 1.165) is 24.2 Å². The lowest BCUT2D eigenvalue weighted by Gasteiger charge is -2.09. The molecule has 8 nitrogen and oxygen atoms in total. The number of anilines is 1. The smallest absolute Gasteiger partial charge is 0.261 e. The zero-order chi connectivity index (χ0) is 20.3. The molecule has 0 atom stereocenters. The summed E-state index contributed by atoms with van der Waals surface area (Å²) in [6, 6.07) is 8.03. The van der Waals surface area contributed by atoms with Crippen LogP contribution in [0.1, 0.15) is 41.5 Å². The lowest BCUT2D eigenvalue weighted by molar-refractivity contribution is 0.102. The Morgan fingerprint density at radius 1 is 1.21 bits per heavy atom. The summed E-state index contributed by atoms with van der Waals surface area (Å²) < 4.78 is 28.9. The molecule has 2 aromatic heterocycles. The number of rotatable bonds is 7. The highest BCUT2D eigenvalue weighted by atomic mass is 32.2. The Hall–Kier alpha value is -2.78. The normalized spacial score (nSPS) is 11.7. The highest BCUT2D eigenvalue weighted by molar-refractivity contribution is 7.89. The number of hydrogen-bond donors (Lipinski definition) is 2. The first-order valence-electron chi connectivity index (χ1n) is 9.05. The molecular weight excluding hydrogens is 378 g/mol. The number of carbonyl (C=O) groups is 1. The second kappa shape index (κ2) is 8.07. The van der Waals surface area contributed by atoms with Gasteiger partial charge in [0.05, 0.1) is 11.1 Å². The lowest BCUT2D eigenvalue weighted by Crippen LogP contribution is -2.24. The molecule has 1 aromatic carbocycles. The highest BCUT2D eigenvalue weighted by Crippen LogP contribution is 2.18. The van der Waals surface area contributed by atoms with E-state index in [1.54, 1.807) is 16.6 Å². The number of sulfonamides is 1. The van der Waals surface area contributed by atoms with Crippen molar-refractivity contribution in [3.8, 4) is 0 Å². The summed E-state index contributed by atoms with van der Waals surface area (Å²) in [4.78, 5) is 17.2. The molecule has 3 rings (SSSR count). The number of aryl methyl sites for hydroxylation is 2. The van der Waals surface area contributed by atoms with Crippen LogP contribution in [0.3, 0.4) is 0 Å². The van der Waals surface area contributed by atoms with Crippen molar-refractivity contribution < 1.29 is 13.2 Å². The molecule has 0 radical (unpaired) electrons. The summed E-state index contributed by atoms with van der Waals surface area (Å²) in [6.07, 6.45) is 3.11. The van der Waals surface area contributed by atoms with Crippen LogP contribution in [0.4, 0.5) is 5.69 Å². The maximum atomic E-state index is 12.7. The van der Waals surface area contributed by atoms with E-state index in [1.807, 2.05) is 26.8 Å². The SMILES string of the molecule is CCCCNS(=O)(=O)c1cccc(NC(=O)c2cnn3c(C)cc(C)nc23)c1. The third-order valence-corrected chi connectivity index (χ3v) is 5.71. The Kier molecular flexibility index (Phi) is 5.76. The minimum absolute atomic E-state index is 0.103. The van der Waals surface area contributed by atoms with Crippen molar-refractivity contribution in [1.82, 2.24) is 19.3 Å². The molecule has 0 saturated heterocycles. The first kappa shape index (κ1) is 20.0. The van der Waals surface area contributed by atoms with E-state index in [0.29, 0.717) is 23.4 Å². The first-order chi connectivity index (χ1) is 13.3. The Morgan fingerprint density at radius 2 is 2.00 bits per heavy atom. The van der Waals surface area contributed by atoms with Crippen LogP contribution < -0.4 is 10.0 Å². The molecule has 9 heteroatoms. The molecule has 0 aliphatic carbocycles. The average molecular weight is 401 g/mol. The maximum Gasteiger partial charge on any atom is 0.261 e. The van der Waals surface area contributed by atoms with Crippen molar-refractivity contribution in [3.63, 3.8) is 0 Å². The predicted molar refractivity (Wildman–Crippen MR) is 107 cm³/mol. The van der Waals surface area contributed by atoms with Gasteiger partial charge in [-0.05, 0) is 44.5 Å². The van der Waals surface area contributed by atoms with Gasteiger partial charge in [-0.2, -0.15) is 5.10 Å². The van der Waals surface area contributed by atoms with E-state index in [-0.39, 0.29) is 4.90 Å². The quantitative estimate of drug-likeness (QED) is 0.592. The Labute approximate surface area is 164 Å². The lowest BCUT2D eigenvalue weighted by atomic mass is 10.2. The second-order valence-corrected chi connectivity index (χ2v) is 8.33. The summed E-state index contributed by atoms with van der Waals surface area (Å²) in [5.74, 6) is -0.402. The molecule has 2 heterocycles. The van der Waals surface area contributed by atoms with Gasteiger partial charge < -0.3 is 5.32 Å². The topological polar surface area (TPSA) is 105 Å². The Bertz CT molecular complexity index is 1120. The number of fused-ring (bicyclic) bond motifs is 1. The molecule has 0 aliphatic rings. The van der Waals surface area contributed by atoms with Crippen LogP contribution >= 0.6 is 0 Å². The summed E-state index contributed by atoms with van der Waals surface area (Å²) in [5, 5.41) is 6.94. The number of amides is 1. The molecule has 0 bridgehead atoms. The van der Waals surface area contributed by atoms with E-state index >= 15 is 0 Å². The van der Waals surface area contributed by atoms with Crippen LogP contribution in [0, 0.1) is 13.8 Å². The largest absolute Gasteiger partial charge is 0.322 e. The fourth-order valence-corrected chi connectivity index (χ4v) is 3.96.